The second-order valence-corrected chi connectivity index (χ2v) is 15.7. The van der Waals surface area contributed by atoms with Gasteiger partial charge in [0.25, 0.3) is 0 Å². The van der Waals surface area contributed by atoms with Crippen molar-refractivity contribution in [2.24, 2.45) is 0 Å². The fraction of sp³-hybridized carbons (Fsp3) is 0.115. The molecule has 8 heteroatoms. The number of aromatic nitrogens is 2. The molecule has 0 spiro atoms. The van der Waals surface area contributed by atoms with E-state index in [1.165, 1.54) is 12.1 Å². The summed E-state index contributed by atoms with van der Waals surface area (Å²) in [5.41, 5.74) is 8.33. The second kappa shape index (κ2) is 13.9. The van der Waals surface area contributed by atoms with E-state index in [1.807, 2.05) is 108 Å². The summed E-state index contributed by atoms with van der Waals surface area (Å²) in [6, 6.07) is 42.9. The molecule has 2 nitrogen and oxygen atoms in total. The van der Waals surface area contributed by atoms with Crippen LogP contribution in [0, 0.1) is 13.8 Å². The van der Waals surface area contributed by atoms with Gasteiger partial charge in [0.2, 0.25) is 0 Å². The number of rotatable bonds is 5. The first-order chi connectivity index (χ1) is 28.8. The van der Waals surface area contributed by atoms with E-state index in [-0.39, 0.29) is 16.8 Å². The summed E-state index contributed by atoms with van der Waals surface area (Å²) in [6.45, 7) is 4.07. The van der Waals surface area contributed by atoms with Gasteiger partial charge >= 0.3 is 12.4 Å². The Labute approximate surface area is 342 Å². The van der Waals surface area contributed by atoms with Gasteiger partial charge in [0.05, 0.1) is 39.1 Å². The first-order valence-electron chi connectivity index (χ1n) is 19.8. The minimum Gasteiger partial charge on any atom is -0.307 e. The van der Waals surface area contributed by atoms with Gasteiger partial charge in [-0.1, -0.05) is 108 Å². The number of alkyl halides is 6. The van der Waals surface area contributed by atoms with Crippen molar-refractivity contribution < 1.29 is 26.3 Å². The predicted octanol–water partition coefficient (Wildman–Crippen LogP) is 15.3. The summed E-state index contributed by atoms with van der Waals surface area (Å²) in [7, 11) is 0. The number of hydrogen-bond acceptors (Lipinski definition) is 0. The van der Waals surface area contributed by atoms with Crippen LogP contribution in [-0.2, 0) is 18.8 Å². The number of aryl methyl sites for hydroxylation is 3. The molecule has 0 fully saturated rings. The van der Waals surface area contributed by atoms with Crippen LogP contribution < -0.4 is 0 Å². The highest BCUT2D eigenvalue weighted by Crippen LogP contribution is 2.46. The molecular formula is C52H36F6N2. The highest BCUT2D eigenvalue weighted by atomic mass is 19.4. The fourth-order valence-electron chi connectivity index (χ4n) is 9.01. The maximum atomic E-state index is 15.6. The van der Waals surface area contributed by atoms with Crippen LogP contribution in [0.2, 0.25) is 0 Å². The van der Waals surface area contributed by atoms with E-state index in [2.05, 4.69) is 36.4 Å². The van der Waals surface area contributed by atoms with Gasteiger partial charge in [0.1, 0.15) is 0 Å². The molecule has 0 atom stereocenters. The zero-order valence-corrected chi connectivity index (χ0v) is 32.6. The van der Waals surface area contributed by atoms with Crippen molar-refractivity contribution in [2.45, 2.75) is 39.0 Å². The maximum absolute atomic E-state index is 15.6. The van der Waals surface area contributed by atoms with Crippen LogP contribution in [0.1, 0.15) is 39.9 Å². The normalized spacial score (nSPS) is 13.1. The Morgan fingerprint density at radius 2 is 1.05 bits per heavy atom. The molecule has 7 aromatic carbocycles. The molecule has 10 rings (SSSR count). The van der Waals surface area contributed by atoms with Crippen LogP contribution >= 0.6 is 0 Å². The summed E-state index contributed by atoms with van der Waals surface area (Å²) in [5, 5.41) is 2.67. The summed E-state index contributed by atoms with van der Waals surface area (Å²) < 4.78 is 93.0. The predicted molar refractivity (Wildman–Crippen MR) is 231 cm³/mol. The Morgan fingerprint density at radius 1 is 0.467 bits per heavy atom. The third-order valence-electron chi connectivity index (χ3n) is 11.7. The Morgan fingerprint density at radius 3 is 1.72 bits per heavy atom. The zero-order valence-electron chi connectivity index (χ0n) is 32.6. The summed E-state index contributed by atoms with van der Waals surface area (Å²) in [5.74, 6) is 0. The first-order valence-corrected chi connectivity index (χ1v) is 19.8. The van der Waals surface area contributed by atoms with Gasteiger partial charge in [-0.15, -0.1) is 0 Å². The van der Waals surface area contributed by atoms with Gasteiger partial charge in [0.15, 0.2) is 0 Å². The van der Waals surface area contributed by atoms with Crippen molar-refractivity contribution in [1.82, 2.24) is 9.13 Å². The molecule has 0 saturated carbocycles. The molecule has 0 bridgehead atoms. The molecule has 0 saturated heterocycles. The number of para-hydroxylation sites is 1. The molecule has 1 aliphatic carbocycles. The fourth-order valence-corrected chi connectivity index (χ4v) is 9.01. The first kappa shape index (κ1) is 37.5. The molecule has 0 amide bonds. The highest BCUT2D eigenvalue weighted by Gasteiger charge is 2.37. The lowest BCUT2D eigenvalue weighted by molar-refractivity contribution is -0.137. The molecule has 2 heterocycles. The number of fused-ring (bicyclic) bond motifs is 6. The summed E-state index contributed by atoms with van der Waals surface area (Å²) in [6.07, 6.45) is -4.12. The van der Waals surface area contributed by atoms with Crippen molar-refractivity contribution in [1.29, 1.82) is 0 Å². The van der Waals surface area contributed by atoms with E-state index in [4.69, 9.17) is 0 Å². The molecular weight excluding hydrogens is 767 g/mol. The van der Waals surface area contributed by atoms with Crippen molar-refractivity contribution in [3.05, 3.63) is 185 Å². The molecule has 0 N–H and O–H groups in total. The minimum absolute atomic E-state index is 0.183. The van der Waals surface area contributed by atoms with Gasteiger partial charge < -0.3 is 9.13 Å². The second-order valence-electron chi connectivity index (χ2n) is 15.7. The molecule has 0 aliphatic heterocycles. The average Bonchev–Trinajstić information content (AvgIpc) is 3.74. The average molecular weight is 803 g/mol. The van der Waals surface area contributed by atoms with Crippen molar-refractivity contribution in [2.75, 3.05) is 0 Å². The van der Waals surface area contributed by atoms with Crippen LogP contribution in [0.5, 0.6) is 0 Å². The van der Waals surface area contributed by atoms with Crippen LogP contribution in [0.25, 0.3) is 83.5 Å². The Hall–Kier alpha value is -6.80. The molecule has 0 unspecified atom stereocenters. The number of allylic oxidation sites excluding steroid dienone is 1. The minimum atomic E-state index is -4.92. The smallest absolute Gasteiger partial charge is 0.307 e. The third-order valence-corrected chi connectivity index (χ3v) is 11.7. The van der Waals surface area contributed by atoms with Crippen LogP contribution in [0.15, 0.2) is 152 Å². The number of halogens is 6. The van der Waals surface area contributed by atoms with Crippen molar-refractivity contribution in [3.8, 4) is 44.8 Å². The summed E-state index contributed by atoms with van der Waals surface area (Å²) >= 11 is 0. The Balaban J connectivity index is 1.33. The maximum Gasteiger partial charge on any atom is 0.417 e. The molecule has 9 aromatic rings. The zero-order chi connectivity index (χ0) is 41.5. The molecule has 60 heavy (non-hydrogen) atoms. The van der Waals surface area contributed by atoms with E-state index >= 15 is 13.2 Å². The van der Waals surface area contributed by atoms with Crippen LogP contribution in [0.3, 0.4) is 0 Å². The van der Waals surface area contributed by atoms with Gasteiger partial charge in [-0.25, -0.2) is 0 Å². The topological polar surface area (TPSA) is 9.86 Å². The van der Waals surface area contributed by atoms with E-state index in [1.54, 1.807) is 0 Å². The number of nitrogens with zero attached hydrogens (tertiary/aromatic N) is 2. The molecule has 296 valence electrons. The quantitative estimate of drug-likeness (QED) is 0.153. The van der Waals surface area contributed by atoms with E-state index in [0.717, 1.165) is 97.0 Å². The van der Waals surface area contributed by atoms with Gasteiger partial charge in [-0.3, -0.25) is 0 Å². The van der Waals surface area contributed by atoms with E-state index in [9.17, 15) is 13.2 Å². The lowest BCUT2D eigenvalue weighted by atomic mass is 9.95. The molecule has 2 aromatic heterocycles. The third kappa shape index (κ3) is 6.29. The van der Waals surface area contributed by atoms with Crippen molar-refractivity contribution in [3.63, 3.8) is 0 Å². The Bertz CT molecular complexity index is 3210. The SMILES string of the molecule is Cc1cccc(-c2ccc3c(c2)c2c(n3-c3cc(-c4cccc(C(F)(F)F)c4)c(C(F)(F)F)cc3-n3c4ccccc4c4cc(-c5cccc(C)c5)ccc43)C=CCC2)c1. The summed E-state index contributed by atoms with van der Waals surface area (Å²) in [4.78, 5) is 0. The van der Waals surface area contributed by atoms with Gasteiger partial charge in [0, 0.05) is 21.9 Å². The van der Waals surface area contributed by atoms with Crippen LogP contribution in [0.4, 0.5) is 26.3 Å². The van der Waals surface area contributed by atoms with Gasteiger partial charge in [-0.05, 0) is 126 Å². The lowest BCUT2D eigenvalue weighted by Gasteiger charge is -2.23. The standard InChI is InChI=1S/C52H36F6N2/c1-31-10-7-12-33(24-31)35-20-22-47-42(27-35)39-16-3-5-18-45(39)59(47)49-29-41(37-14-9-15-38(26-37)51(53,54)55)44(52(56,57)58)30-50(49)60-46-19-6-4-17-40(46)43-28-36(21-23-48(43)60)34-13-8-11-32(2)25-34/h4-15,17-30H,3,16H2,1-2H3. The molecule has 1 aliphatic rings. The number of hydrogen-bond donors (Lipinski definition) is 0. The largest absolute Gasteiger partial charge is 0.417 e. The van der Waals surface area contributed by atoms with Gasteiger partial charge in [-0.2, -0.15) is 26.3 Å². The van der Waals surface area contributed by atoms with E-state index in [0.29, 0.717) is 23.1 Å². The number of benzene rings is 7. The molecule has 0 radical (unpaired) electrons. The Kier molecular flexibility index (Phi) is 8.68. The van der Waals surface area contributed by atoms with Crippen LogP contribution in [-0.4, -0.2) is 9.13 Å². The highest BCUT2D eigenvalue weighted by molar-refractivity contribution is 6.11. The lowest BCUT2D eigenvalue weighted by Crippen LogP contribution is -2.13. The van der Waals surface area contributed by atoms with Crippen molar-refractivity contribution >= 4 is 38.8 Å². The van der Waals surface area contributed by atoms with E-state index < -0.39 is 23.5 Å². The monoisotopic (exact) mass is 802 g/mol.